The molecule has 0 radical (unpaired) electrons. The van der Waals surface area contributed by atoms with Crippen molar-refractivity contribution in [2.24, 2.45) is 5.41 Å². The zero-order valence-electron chi connectivity index (χ0n) is 7.31. The van der Waals surface area contributed by atoms with Crippen molar-refractivity contribution < 1.29 is 4.74 Å². The second kappa shape index (κ2) is 4.36. The summed E-state index contributed by atoms with van der Waals surface area (Å²) >= 11 is 4.40. The topological polar surface area (TPSA) is 9.23 Å². The highest BCUT2D eigenvalue weighted by Crippen LogP contribution is 2.37. The monoisotopic (exact) mass is 174 g/mol. The lowest BCUT2D eigenvalue weighted by atomic mass is 9.76. The number of methoxy groups -OCH3 is 1. The van der Waals surface area contributed by atoms with E-state index in [4.69, 9.17) is 4.74 Å². The van der Waals surface area contributed by atoms with Gasteiger partial charge in [-0.2, -0.15) is 12.6 Å². The van der Waals surface area contributed by atoms with Crippen molar-refractivity contribution in [1.29, 1.82) is 0 Å². The fourth-order valence-electron chi connectivity index (χ4n) is 1.96. The number of hydrogen-bond donors (Lipinski definition) is 1. The summed E-state index contributed by atoms with van der Waals surface area (Å²) < 4.78 is 5.23. The van der Waals surface area contributed by atoms with Gasteiger partial charge in [-0.1, -0.05) is 19.3 Å². The van der Waals surface area contributed by atoms with Gasteiger partial charge in [0.05, 0.1) is 6.61 Å². The maximum Gasteiger partial charge on any atom is 0.0526 e. The zero-order valence-corrected chi connectivity index (χ0v) is 8.20. The maximum atomic E-state index is 5.23. The molecule has 0 aliphatic heterocycles. The second-order valence-corrected chi connectivity index (χ2v) is 3.97. The first-order chi connectivity index (χ1) is 5.33. The van der Waals surface area contributed by atoms with Gasteiger partial charge < -0.3 is 4.74 Å². The van der Waals surface area contributed by atoms with Crippen molar-refractivity contribution in [2.75, 3.05) is 19.5 Å². The Bertz CT molecular complexity index is 103. The molecule has 1 saturated carbocycles. The summed E-state index contributed by atoms with van der Waals surface area (Å²) in [7, 11) is 1.79. The molecule has 66 valence electrons. The molecular formula is C9H18OS. The summed E-state index contributed by atoms with van der Waals surface area (Å²) in [4.78, 5) is 0. The van der Waals surface area contributed by atoms with E-state index in [1.807, 2.05) is 0 Å². The molecule has 0 aromatic heterocycles. The van der Waals surface area contributed by atoms with Gasteiger partial charge >= 0.3 is 0 Å². The van der Waals surface area contributed by atoms with Crippen molar-refractivity contribution >= 4 is 12.6 Å². The Morgan fingerprint density at radius 3 is 2.36 bits per heavy atom. The minimum Gasteiger partial charge on any atom is -0.384 e. The van der Waals surface area contributed by atoms with Gasteiger partial charge in [-0.3, -0.25) is 0 Å². The SMILES string of the molecule is COCC1(CS)CCCCC1. The first-order valence-electron chi connectivity index (χ1n) is 4.43. The van der Waals surface area contributed by atoms with Gasteiger partial charge in [-0.15, -0.1) is 0 Å². The van der Waals surface area contributed by atoms with E-state index in [9.17, 15) is 0 Å². The quantitative estimate of drug-likeness (QED) is 0.647. The molecule has 1 rings (SSSR count). The van der Waals surface area contributed by atoms with Crippen LogP contribution in [0.25, 0.3) is 0 Å². The zero-order chi connectivity index (χ0) is 8.16. The smallest absolute Gasteiger partial charge is 0.0526 e. The summed E-state index contributed by atoms with van der Waals surface area (Å²) in [5, 5.41) is 0. The Hall–Kier alpha value is 0.310. The van der Waals surface area contributed by atoms with E-state index >= 15 is 0 Å². The van der Waals surface area contributed by atoms with E-state index in [1.165, 1.54) is 32.1 Å². The highest BCUT2D eigenvalue weighted by atomic mass is 32.1. The lowest BCUT2D eigenvalue weighted by Gasteiger charge is -2.35. The van der Waals surface area contributed by atoms with E-state index < -0.39 is 0 Å². The third kappa shape index (κ3) is 2.38. The Balaban J connectivity index is 2.42. The predicted octanol–water partition coefficient (Wildman–Crippen LogP) is 2.51. The van der Waals surface area contributed by atoms with Gasteiger partial charge in [-0.25, -0.2) is 0 Å². The average molecular weight is 174 g/mol. The van der Waals surface area contributed by atoms with Crippen LogP contribution in [0, 0.1) is 5.41 Å². The molecule has 0 atom stereocenters. The van der Waals surface area contributed by atoms with Gasteiger partial charge in [0.25, 0.3) is 0 Å². The first kappa shape index (κ1) is 9.40. The van der Waals surface area contributed by atoms with Crippen LogP contribution in [0.1, 0.15) is 32.1 Å². The second-order valence-electron chi connectivity index (χ2n) is 3.65. The minimum atomic E-state index is 0.413. The molecule has 0 aromatic carbocycles. The molecule has 1 aliphatic carbocycles. The highest BCUT2D eigenvalue weighted by molar-refractivity contribution is 7.80. The van der Waals surface area contributed by atoms with Crippen molar-refractivity contribution in [3.8, 4) is 0 Å². The van der Waals surface area contributed by atoms with Crippen LogP contribution in [0.3, 0.4) is 0 Å². The molecule has 0 N–H and O–H groups in total. The Labute approximate surface area is 74.9 Å². The van der Waals surface area contributed by atoms with Gasteiger partial charge in [0.15, 0.2) is 0 Å². The lowest BCUT2D eigenvalue weighted by Crippen LogP contribution is -2.30. The highest BCUT2D eigenvalue weighted by Gasteiger charge is 2.30. The molecule has 1 aliphatic rings. The van der Waals surface area contributed by atoms with Crippen molar-refractivity contribution in [3.63, 3.8) is 0 Å². The standard InChI is InChI=1S/C9H18OS/c1-10-7-9(8-11)5-3-2-4-6-9/h11H,2-8H2,1H3. The molecule has 2 heteroatoms. The number of thiol groups is 1. The molecule has 11 heavy (non-hydrogen) atoms. The van der Waals surface area contributed by atoms with Crippen LogP contribution in [-0.4, -0.2) is 19.5 Å². The summed E-state index contributed by atoms with van der Waals surface area (Å²) in [5.41, 5.74) is 0.413. The van der Waals surface area contributed by atoms with Crippen LogP contribution in [-0.2, 0) is 4.74 Å². The molecule has 0 heterocycles. The van der Waals surface area contributed by atoms with E-state index in [0.29, 0.717) is 5.41 Å². The van der Waals surface area contributed by atoms with E-state index in [-0.39, 0.29) is 0 Å². The summed E-state index contributed by atoms with van der Waals surface area (Å²) in [5.74, 6) is 0.987. The van der Waals surface area contributed by atoms with E-state index in [1.54, 1.807) is 7.11 Å². The molecule has 0 amide bonds. The van der Waals surface area contributed by atoms with Crippen LogP contribution in [0.2, 0.25) is 0 Å². The molecular weight excluding hydrogens is 156 g/mol. The molecule has 0 unspecified atom stereocenters. The molecule has 1 nitrogen and oxygen atoms in total. The van der Waals surface area contributed by atoms with Gasteiger partial charge in [0.2, 0.25) is 0 Å². The fourth-order valence-corrected chi connectivity index (χ4v) is 2.36. The predicted molar refractivity (Wildman–Crippen MR) is 51.2 cm³/mol. The largest absolute Gasteiger partial charge is 0.384 e. The van der Waals surface area contributed by atoms with Crippen LogP contribution in [0.5, 0.6) is 0 Å². The molecule has 1 fully saturated rings. The summed E-state index contributed by atoms with van der Waals surface area (Å²) in [6, 6.07) is 0. The lowest BCUT2D eigenvalue weighted by molar-refractivity contribution is 0.0668. The number of hydrogen-bond acceptors (Lipinski definition) is 2. The van der Waals surface area contributed by atoms with Crippen LogP contribution < -0.4 is 0 Å². The van der Waals surface area contributed by atoms with Crippen LogP contribution in [0.4, 0.5) is 0 Å². The maximum absolute atomic E-state index is 5.23. The summed E-state index contributed by atoms with van der Waals surface area (Å²) in [6.07, 6.45) is 6.75. The van der Waals surface area contributed by atoms with Crippen molar-refractivity contribution in [3.05, 3.63) is 0 Å². The van der Waals surface area contributed by atoms with Crippen molar-refractivity contribution in [2.45, 2.75) is 32.1 Å². The fraction of sp³-hybridized carbons (Fsp3) is 1.00. The van der Waals surface area contributed by atoms with E-state index in [0.717, 1.165) is 12.4 Å². The Morgan fingerprint density at radius 2 is 1.91 bits per heavy atom. The Morgan fingerprint density at radius 1 is 1.27 bits per heavy atom. The third-order valence-electron chi connectivity index (χ3n) is 2.70. The minimum absolute atomic E-state index is 0.413. The molecule has 0 saturated heterocycles. The van der Waals surface area contributed by atoms with E-state index in [2.05, 4.69) is 12.6 Å². The first-order valence-corrected chi connectivity index (χ1v) is 5.06. The Kier molecular flexibility index (Phi) is 3.73. The molecule has 0 bridgehead atoms. The third-order valence-corrected chi connectivity index (χ3v) is 3.37. The van der Waals surface area contributed by atoms with Gasteiger partial charge in [0, 0.05) is 12.5 Å². The summed E-state index contributed by atoms with van der Waals surface area (Å²) in [6.45, 7) is 0.899. The van der Waals surface area contributed by atoms with Gasteiger partial charge in [0.1, 0.15) is 0 Å². The normalized spacial score (nSPS) is 23.5. The van der Waals surface area contributed by atoms with Crippen LogP contribution >= 0.6 is 12.6 Å². The molecule has 0 spiro atoms. The number of ether oxygens (including phenoxy) is 1. The van der Waals surface area contributed by atoms with Crippen LogP contribution in [0.15, 0.2) is 0 Å². The molecule has 0 aromatic rings. The van der Waals surface area contributed by atoms with Gasteiger partial charge in [-0.05, 0) is 18.6 Å². The number of rotatable bonds is 3. The van der Waals surface area contributed by atoms with Crippen molar-refractivity contribution in [1.82, 2.24) is 0 Å². The average Bonchev–Trinajstić information content (AvgIpc) is 2.07.